The summed E-state index contributed by atoms with van der Waals surface area (Å²) in [6.45, 7) is 16.8. The van der Waals surface area contributed by atoms with Crippen LogP contribution in [-0.2, 0) is 0 Å². The average Bonchev–Trinajstić information content (AvgIpc) is 2.68. The van der Waals surface area contributed by atoms with Crippen LogP contribution in [0.1, 0.15) is 54.4 Å². The normalized spacial score (nSPS) is 37.1. The van der Waals surface area contributed by atoms with E-state index in [1.165, 1.54) is 25.9 Å². The number of hydrogen-bond donors (Lipinski definition) is 1. The van der Waals surface area contributed by atoms with Crippen LogP contribution < -0.4 is 5.32 Å². The van der Waals surface area contributed by atoms with E-state index in [0.717, 1.165) is 12.1 Å². The standard InChI is InChI=1S/C15H30N2/c1-7-11-10-17(12(8-2)9-16-11)13-14(3,4)15(13,5)6/h11-13,16H,7-10H2,1-6H3. The van der Waals surface area contributed by atoms with Gasteiger partial charge >= 0.3 is 0 Å². The molecule has 2 heteroatoms. The molecular formula is C15H30N2. The highest BCUT2D eigenvalue weighted by Crippen LogP contribution is 2.65. The highest BCUT2D eigenvalue weighted by molar-refractivity contribution is 5.20. The number of hydrogen-bond acceptors (Lipinski definition) is 2. The predicted molar refractivity (Wildman–Crippen MR) is 74.2 cm³/mol. The van der Waals surface area contributed by atoms with Crippen molar-refractivity contribution >= 4 is 0 Å². The molecule has 1 N–H and O–H groups in total. The predicted octanol–water partition coefficient (Wildman–Crippen LogP) is 2.88. The monoisotopic (exact) mass is 238 g/mol. The highest BCUT2D eigenvalue weighted by atomic mass is 15.3. The van der Waals surface area contributed by atoms with Gasteiger partial charge < -0.3 is 5.32 Å². The minimum atomic E-state index is 0.482. The summed E-state index contributed by atoms with van der Waals surface area (Å²) in [5.41, 5.74) is 0.964. The summed E-state index contributed by atoms with van der Waals surface area (Å²) >= 11 is 0. The maximum Gasteiger partial charge on any atom is 0.0222 e. The first kappa shape index (κ1) is 13.4. The summed E-state index contributed by atoms with van der Waals surface area (Å²) in [6, 6.07) is 2.21. The van der Waals surface area contributed by atoms with Crippen molar-refractivity contribution in [3.63, 3.8) is 0 Å². The Morgan fingerprint density at radius 3 is 2.06 bits per heavy atom. The van der Waals surface area contributed by atoms with Crippen molar-refractivity contribution in [2.45, 2.75) is 72.5 Å². The molecule has 1 aliphatic carbocycles. The highest BCUT2D eigenvalue weighted by Gasteiger charge is 2.67. The zero-order valence-electron chi connectivity index (χ0n) is 12.5. The van der Waals surface area contributed by atoms with Gasteiger partial charge in [-0.2, -0.15) is 0 Å². The molecule has 2 rings (SSSR count). The topological polar surface area (TPSA) is 15.3 Å². The minimum Gasteiger partial charge on any atom is -0.311 e. The van der Waals surface area contributed by atoms with Crippen LogP contribution in [0.25, 0.3) is 0 Å². The Morgan fingerprint density at radius 2 is 1.65 bits per heavy atom. The molecule has 2 unspecified atom stereocenters. The smallest absolute Gasteiger partial charge is 0.0222 e. The first-order valence-electron chi connectivity index (χ1n) is 7.35. The molecule has 1 saturated heterocycles. The lowest BCUT2D eigenvalue weighted by Gasteiger charge is -2.41. The number of piperazine rings is 1. The molecule has 17 heavy (non-hydrogen) atoms. The Bertz CT molecular complexity index is 269. The van der Waals surface area contributed by atoms with Crippen LogP contribution in [-0.4, -0.2) is 36.1 Å². The van der Waals surface area contributed by atoms with Gasteiger partial charge in [0.15, 0.2) is 0 Å². The lowest BCUT2D eigenvalue weighted by atomic mass is 10.0. The number of nitrogens with one attached hydrogen (secondary N) is 1. The SMILES string of the molecule is CCC1CN(C2C(C)(C)C2(C)C)C(CC)CN1. The minimum absolute atomic E-state index is 0.482. The molecule has 0 aromatic heterocycles. The third-order valence-corrected chi connectivity index (χ3v) is 5.78. The van der Waals surface area contributed by atoms with Crippen molar-refractivity contribution < 1.29 is 0 Å². The van der Waals surface area contributed by atoms with Gasteiger partial charge in [-0.05, 0) is 23.7 Å². The maximum absolute atomic E-state index is 3.70. The van der Waals surface area contributed by atoms with E-state index in [0.29, 0.717) is 16.9 Å². The molecule has 1 saturated carbocycles. The van der Waals surface area contributed by atoms with E-state index in [9.17, 15) is 0 Å². The molecule has 1 aliphatic heterocycles. The van der Waals surface area contributed by atoms with Gasteiger partial charge in [0.2, 0.25) is 0 Å². The van der Waals surface area contributed by atoms with E-state index >= 15 is 0 Å². The first-order chi connectivity index (χ1) is 7.86. The summed E-state index contributed by atoms with van der Waals surface area (Å²) in [5.74, 6) is 0. The van der Waals surface area contributed by atoms with Gasteiger partial charge in [0.25, 0.3) is 0 Å². The van der Waals surface area contributed by atoms with Crippen molar-refractivity contribution in [1.29, 1.82) is 0 Å². The van der Waals surface area contributed by atoms with Crippen LogP contribution in [0.3, 0.4) is 0 Å². The summed E-state index contributed by atoms with van der Waals surface area (Å²) in [5, 5.41) is 3.70. The lowest BCUT2D eigenvalue weighted by Crippen LogP contribution is -2.57. The summed E-state index contributed by atoms with van der Waals surface area (Å²) < 4.78 is 0. The summed E-state index contributed by atoms with van der Waals surface area (Å²) in [6.07, 6.45) is 2.52. The average molecular weight is 238 g/mol. The van der Waals surface area contributed by atoms with Crippen molar-refractivity contribution in [2.24, 2.45) is 10.8 Å². The fraction of sp³-hybridized carbons (Fsp3) is 1.00. The van der Waals surface area contributed by atoms with E-state index in [1.54, 1.807) is 0 Å². The van der Waals surface area contributed by atoms with Gasteiger partial charge in [0.1, 0.15) is 0 Å². The fourth-order valence-corrected chi connectivity index (χ4v) is 3.85. The van der Waals surface area contributed by atoms with E-state index < -0.39 is 0 Å². The van der Waals surface area contributed by atoms with Crippen LogP contribution in [0, 0.1) is 10.8 Å². The van der Waals surface area contributed by atoms with Crippen LogP contribution in [0.2, 0.25) is 0 Å². The summed E-state index contributed by atoms with van der Waals surface area (Å²) in [7, 11) is 0. The van der Waals surface area contributed by atoms with Crippen molar-refractivity contribution in [1.82, 2.24) is 10.2 Å². The molecule has 2 aliphatic rings. The molecule has 0 radical (unpaired) electrons. The molecule has 2 atom stereocenters. The van der Waals surface area contributed by atoms with Crippen LogP contribution in [0.5, 0.6) is 0 Å². The quantitative estimate of drug-likeness (QED) is 0.813. The van der Waals surface area contributed by atoms with Gasteiger partial charge in [-0.1, -0.05) is 41.5 Å². The third-order valence-electron chi connectivity index (χ3n) is 5.78. The van der Waals surface area contributed by atoms with E-state index in [-0.39, 0.29) is 0 Å². The molecule has 0 aromatic carbocycles. The molecule has 0 aromatic rings. The van der Waals surface area contributed by atoms with Crippen LogP contribution in [0.15, 0.2) is 0 Å². The second kappa shape index (κ2) is 4.24. The van der Waals surface area contributed by atoms with Gasteiger partial charge in [0, 0.05) is 31.2 Å². The summed E-state index contributed by atoms with van der Waals surface area (Å²) in [4.78, 5) is 2.81. The molecule has 100 valence electrons. The molecular weight excluding hydrogens is 208 g/mol. The van der Waals surface area contributed by atoms with Crippen LogP contribution >= 0.6 is 0 Å². The Balaban J connectivity index is 2.12. The van der Waals surface area contributed by atoms with Crippen molar-refractivity contribution in [3.05, 3.63) is 0 Å². The molecule has 1 heterocycles. The second-order valence-corrected chi connectivity index (χ2v) is 7.12. The van der Waals surface area contributed by atoms with Crippen molar-refractivity contribution in [3.8, 4) is 0 Å². The molecule has 2 fully saturated rings. The van der Waals surface area contributed by atoms with Crippen LogP contribution in [0.4, 0.5) is 0 Å². The van der Waals surface area contributed by atoms with Crippen molar-refractivity contribution in [2.75, 3.05) is 13.1 Å². The maximum atomic E-state index is 3.70. The van der Waals surface area contributed by atoms with Gasteiger partial charge in [0.05, 0.1) is 0 Å². The van der Waals surface area contributed by atoms with E-state index in [4.69, 9.17) is 0 Å². The molecule has 0 bridgehead atoms. The Kier molecular flexibility index (Phi) is 3.33. The zero-order chi connectivity index (χ0) is 12.8. The lowest BCUT2D eigenvalue weighted by molar-refractivity contribution is 0.0964. The van der Waals surface area contributed by atoms with Gasteiger partial charge in [-0.3, -0.25) is 4.90 Å². The Morgan fingerprint density at radius 1 is 1.06 bits per heavy atom. The van der Waals surface area contributed by atoms with E-state index in [1.807, 2.05) is 0 Å². The largest absolute Gasteiger partial charge is 0.311 e. The Hall–Kier alpha value is -0.0800. The van der Waals surface area contributed by atoms with Gasteiger partial charge in [-0.15, -0.1) is 0 Å². The Labute approximate surface area is 107 Å². The molecule has 0 spiro atoms. The first-order valence-corrected chi connectivity index (χ1v) is 7.35. The number of rotatable bonds is 3. The second-order valence-electron chi connectivity index (χ2n) is 7.12. The molecule has 0 amide bonds. The van der Waals surface area contributed by atoms with E-state index in [2.05, 4.69) is 51.8 Å². The van der Waals surface area contributed by atoms with Gasteiger partial charge in [-0.25, -0.2) is 0 Å². The zero-order valence-corrected chi connectivity index (χ0v) is 12.5. The fourth-order valence-electron chi connectivity index (χ4n) is 3.85. The third kappa shape index (κ3) is 1.94. The number of nitrogens with zero attached hydrogens (tertiary/aromatic N) is 1. The molecule has 2 nitrogen and oxygen atoms in total.